The number of hydrogen-bond donors (Lipinski definition) is 0. The fraction of sp³-hybridized carbons (Fsp3) is 0.619. The Hall–Kier alpha value is -2.04. The summed E-state index contributed by atoms with van der Waals surface area (Å²) >= 11 is 0. The highest BCUT2D eigenvalue weighted by atomic mass is 16.7. The number of likely N-dealkylation sites (tertiary alicyclic amines) is 1. The van der Waals surface area contributed by atoms with Gasteiger partial charge in [-0.2, -0.15) is 5.26 Å². The largest absolute Gasteiger partial charge is 0.495 e. The number of benzene rings is 1. The molecule has 2 aliphatic rings. The summed E-state index contributed by atoms with van der Waals surface area (Å²) in [7, 11) is -0.497. The van der Waals surface area contributed by atoms with Gasteiger partial charge in [0.05, 0.1) is 22.8 Å². The molecule has 0 aliphatic carbocycles. The topological polar surface area (TPSA) is 71.8 Å². The molecule has 2 saturated heterocycles. The standard InChI is InChI=1S/C21H29BN2O4/c1-19(2,3)26-18(25)24-12-15(13-24)16-10-14(11-23)8-9-17(16)22-27-20(4,5)21(6,7)28-22/h8-10,15H,12-13H2,1-7H3. The molecule has 0 spiro atoms. The number of carbonyl (C=O) groups is 1. The number of carbonyl (C=O) groups excluding carboxylic acids is 1. The SMILES string of the molecule is CC(C)(C)OC(=O)N1CC(c2cc(C#N)ccc2B2OC(C)(C)C(C)(C)O2)C1. The van der Waals surface area contributed by atoms with Crippen LogP contribution in [0, 0.1) is 11.3 Å². The average Bonchev–Trinajstić information content (AvgIpc) is 2.71. The van der Waals surface area contributed by atoms with Gasteiger partial charge in [-0.25, -0.2) is 4.79 Å². The molecule has 6 nitrogen and oxygen atoms in total. The molecular weight excluding hydrogens is 355 g/mol. The first kappa shape index (κ1) is 20.7. The van der Waals surface area contributed by atoms with E-state index >= 15 is 0 Å². The zero-order valence-electron chi connectivity index (χ0n) is 17.8. The third-order valence-electron chi connectivity index (χ3n) is 5.70. The van der Waals surface area contributed by atoms with Crippen LogP contribution in [0.25, 0.3) is 0 Å². The third kappa shape index (κ3) is 3.89. The van der Waals surface area contributed by atoms with Crippen LogP contribution in [-0.4, -0.2) is 48.0 Å². The summed E-state index contributed by atoms with van der Waals surface area (Å²) in [6.45, 7) is 14.7. The first-order valence-corrected chi connectivity index (χ1v) is 9.70. The van der Waals surface area contributed by atoms with E-state index in [1.807, 2.05) is 60.6 Å². The number of hydrogen-bond acceptors (Lipinski definition) is 5. The molecule has 1 amide bonds. The Morgan fingerprint density at radius 3 is 2.29 bits per heavy atom. The van der Waals surface area contributed by atoms with Crippen LogP contribution < -0.4 is 5.46 Å². The Bertz CT molecular complexity index is 801. The summed E-state index contributed by atoms with van der Waals surface area (Å²) in [6.07, 6.45) is -0.308. The molecule has 0 unspecified atom stereocenters. The molecule has 0 radical (unpaired) electrons. The van der Waals surface area contributed by atoms with Gasteiger partial charge in [0.1, 0.15) is 5.60 Å². The smallest absolute Gasteiger partial charge is 0.444 e. The highest BCUT2D eigenvalue weighted by molar-refractivity contribution is 6.62. The average molecular weight is 384 g/mol. The summed E-state index contributed by atoms with van der Waals surface area (Å²) in [5.41, 5.74) is 1.11. The maximum atomic E-state index is 12.3. The van der Waals surface area contributed by atoms with Crippen molar-refractivity contribution in [1.29, 1.82) is 5.26 Å². The summed E-state index contributed by atoms with van der Waals surface area (Å²) in [6, 6.07) is 7.78. The van der Waals surface area contributed by atoms with Crippen LogP contribution in [0.2, 0.25) is 0 Å². The van der Waals surface area contributed by atoms with Gasteiger partial charge in [0.2, 0.25) is 0 Å². The molecule has 1 aromatic rings. The number of amides is 1. The monoisotopic (exact) mass is 384 g/mol. The predicted octanol–water partition coefficient (Wildman–Crippen LogP) is 3.19. The van der Waals surface area contributed by atoms with Gasteiger partial charge >= 0.3 is 13.2 Å². The van der Waals surface area contributed by atoms with Crippen molar-refractivity contribution in [2.75, 3.05) is 13.1 Å². The van der Waals surface area contributed by atoms with E-state index in [-0.39, 0.29) is 12.0 Å². The fourth-order valence-corrected chi connectivity index (χ4v) is 3.33. The third-order valence-corrected chi connectivity index (χ3v) is 5.70. The van der Waals surface area contributed by atoms with E-state index < -0.39 is 23.9 Å². The van der Waals surface area contributed by atoms with Crippen LogP contribution in [0.5, 0.6) is 0 Å². The van der Waals surface area contributed by atoms with Crippen molar-refractivity contribution in [2.24, 2.45) is 0 Å². The maximum absolute atomic E-state index is 12.3. The van der Waals surface area contributed by atoms with Crippen molar-refractivity contribution in [3.8, 4) is 6.07 Å². The highest BCUT2D eigenvalue weighted by Gasteiger charge is 2.52. The van der Waals surface area contributed by atoms with Crippen LogP contribution in [-0.2, 0) is 14.0 Å². The van der Waals surface area contributed by atoms with Gasteiger partial charge in [-0.05, 0) is 71.6 Å². The van der Waals surface area contributed by atoms with Gasteiger partial charge in [-0.1, -0.05) is 6.07 Å². The second-order valence-corrected chi connectivity index (χ2v) is 9.63. The molecule has 0 N–H and O–H groups in total. The maximum Gasteiger partial charge on any atom is 0.495 e. The minimum Gasteiger partial charge on any atom is -0.444 e. The molecule has 0 saturated carbocycles. The van der Waals surface area contributed by atoms with E-state index in [1.54, 1.807) is 11.0 Å². The molecule has 0 atom stereocenters. The van der Waals surface area contributed by atoms with Crippen molar-refractivity contribution in [1.82, 2.24) is 4.90 Å². The molecule has 150 valence electrons. The minimum absolute atomic E-state index is 0.120. The fourth-order valence-electron chi connectivity index (χ4n) is 3.33. The van der Waals surface area contributed by atoms with Gasteiger partial charge in [0, 0.05) is 19.0 Å². The van der Waals surface area contributed by atoms with Crippen molar-refractivity contribution in [2.45, 2.75) is 71.2 Å². The van der Waals surface area contributed by atoms with Crippen LogP contribution in [0.3, 0.4) is 0 Å². The molecule has 3 rings (SSSR count). The Morgan fingerprint density at radius 1 is 1.21 bits per heavy atom. The van der Waals surface area contributed by atoms with Crippen molar-refractivity contribution in [3.05, 3.63) is 29.3 Å². The van der Waals surface area contributed by atoms with Gasteiger partial charge in [0.25, 0.3) is 0 Å². The summed E-state index contributed by atoms with van der Waals surface area (Å²) in [4.78, 5) is 13.9. The van der Waals surface area contributed by atoms with E-state index in [4.69, 9.17) is 14.0 Å². The Kier molecular flexibility index (Phi) is 5.02. The number of nitriles is 1. The van der Waals surface area contributed by atoms with Crippen molar-refractivity contribution in [3.63, 3.8) is 0 Å². The van der Waals surface area contributed by atoms with E-state index in [2.05, 4.69) is 6.07 Å². The zero-order valence-corrected chi connectivity index (χ0v) is 17.8. The van der Waals surface area contributed by atoms with Gasteiger partial charge < -0.3 is 18.9 Å². The van der Waals surface area contributed by atoms with Crippen LogP contribution >= 0.6 is 0 Å². The van der Waals surface area contributed by atoms with E-state index in [0.717, 1.165) is 11.0 Å². The molecule has 28 heavy (non-hydrogen) atoms. The lowest BCUT2D eigenvalue weighted by atomic mass is 9.71. The summed E-state index contributed by atoms with van der Waals surface area (Å²) in [5.74, 6) is 0.120. The zero-order chi connectivity index (χ0) is 20.9. The number of rotatable bonds is 2. The molecule has 0 bridgehead atoms. The molecule has 1 aromatic carbocycles. The normalized spacial score (nSPS) is 21.2. The summed E-state index contributed by atoms with van der Waals surface area (Å²) < 4.78 is 17.9. The Balaban J connectivity index is 1.81. The molecule has 2 aliphatic heterocycles. The molecule has 2 fully saturated rings. The molecular formula is C21H29BN2O4. The van der Waals surface area contributed by atoms with Crippen molar-refractivity contribution < 1.29 is 18.8 Å². The molecule has 7 heteroatoms. The predicted molar refractivity (Wildman–Crippen MR) is 107 cm³/mol. The minimum atomic E-state index is -0.517. The lowest BCUT2D eigenvalue weighted by Gasteiger charge is -2.40. The number of ether oxygens (including phenoxy) is 1. The molecule has 0 aromatic heterocycles. The van der Waals surface area contributed by atoms with E-state index in [9.17, 15) is 10.1 Å². The van der Waals surface area contributed by atoms with Gasteiger partial charge in [0.15, 0.2) is 0 Å². The van der Waals surface area contributed by atoms with Gasteiger partial charge in [-0.3, -0.25) is 0 Å². The van der Waals surface area contributed by atoms with E-state index in [0.29, 0.717) is 18.7 Å². The number of nitrogens with zero attached hydrogens (tertiary/aromatic N) is 2. The van der Waals surface area contributed by atoms with E-state index in [1.165, 1.54) is 0 Å². The van der Waals surface area contributed by atoms with Crippen LogP contribution in [0.1, 0.15) is 65.5 Å². The van der Waals surface area contributed by atoms with Gasteiger partial charge in [-0.15, -0.1) is 0 Å². The summed E-state index contributed by atoms with van der Waals surface area (Å²) in [5, 5.41) is 9.33. The van der Waals surface area contributed by atoms with Crippen LogP contribution in [0.15, 0.2) is 18.2 Å². The first-order chi connectivity index (χ1) is 12.8. The second kappa shape index (κ2) is 6.79. The molecule has 2 heterocycles. The highest BCUT2D eigenvalue weighted by Crippen LogP contribution is 2.38. The lowest BCUT2D eigenvalue weighted by Crippen LogP contribution is -2.52. The second-order valence-electron chi connectivity index (χ2n) is 9.63. The Morgan fingerprint density at radius 2 is 1.79 bits per heavy atom. The first-order valence-electron chi connectivity index (χ1n) is 9.70. The quantitative estimate of drug-likeness (QED) is 0.733. The Labute approximate surface area is 167 Å². The lowest BCUT2D eigenvalue weighted by molar-refractivity contribution is 0.00578. The van der Waals surface area contributed by atoms with Crippen molar-refractivity contribution >= 4 is 18.7 Å². The van der Waals surface area contributed by atoms with Crippen LogP contribution in [0.4, 0.5) is 4.79 Å².